The number of quaternary nitrogens is 1. The Labute approximate surface area is 157 Å². The van der Waals surface area contributed by atoms with Crippen molar-refractivity contribution in [2.75, 3.05) is 32.6 Å². The quantitative estimate of drug-likeness (QED) is 0.654. The predicted molar refractivity (Wildman–Crippen MR) is 105 cm³/mol. The molecule has 0 heterocycles. The topological polar surface area (TPSA) is 71.9 Å². The predicted octanol–water partition coefficient (Wildman–Crippen LogP) is 1.48. The molecule has 0 spiro atoms. The largest absolute Gasteiger partial charge is 0.497 e. The number of likely N-dealkylation sites (N-methyl/N-ethyl adjacent to an activating group) is 1. The molecular weight excluding hydrogens is 330 g/mol. The molecule has 0 aromatic heterocycles. The van der Waals surface area contributed by atoms with Gasteiger partial charge >= 0.3 is 0 Å². The van der Waals surface area contributed by atoms with Crippen LogP contribution in [0, 0.1) is 5.41 Å². The number of hydrogen-bond acceptors (Lipinski definition) is 3. The number of carbonyl (C=O) groups is 2. The van der Waals surface area contributed by atoms with Gasteiger partial charge in [-0.05, 0) is 37.8 Å². The van der Waals surface area contributed by atoms with Crippen molar-refractivity contribution in [3.63, 3.8) is 0 Å². The van der Waals surface area contributed by atoms with Gasteiger partial charge in [0.05, 0.1) is 14.2 Å². The van der Waals surface area contributed by atoms with Gasteiger partial charge in [0, 0.05) is 17.3 Å². The normalized spacial score (nSPS) is 13.0. The third kappa shape index (κ3) is 8.85. The van der Waals surface area contributed by atoms with Gasteiger partial charge in [0.2, 0.25) is 0 Å². The fourth-order valence-electron chi connectivity index (χ4n) is 3.31. The molecule has 6 heteroatoms. The van der Waals surface area contributed by atoms with Crippen LogP contribution in [0.3, 0.4) is 0 Å². The van der Waals surface area contributed by atoms with Gasteiger partial charge in [-0.3, -0.25) is 9.59 Å². The minimum atomic E-state index is -0.279. The second kappa shape index (κ2) is 9.03. The van der Waals surface area contributed by atoms with E-state index in [0.717, 1.165) is 11.3 Å². The molecule has 1 atom stereocenters. The third-order valence-corrected chi connectivity index (χ3v) is 3.73. The Morgan fingerprint density at radius 2 is 1.69 bits per heavy atom. The molecule has 0 aliphatic carbocycles. The smallest absolute Gasteiger partial charge is 0.279 e. The molecule has 3 N–H and O–H groups in total. The molecule has 0 saturated carbocycles. The van der Waals surface area contributed by atoms with Crippen molar-refractivity contribution in [1.29, 1.82) is 0 Å². The standard InChI is InChI=1S/C20H33N3O3/c1-19(2,3)14-20(4,5)22-18(25)13-23(6)12-17(24)21-15-9-8-10-16(11-15)26-7/h8-11H,12-14H2,1-7H3,(H,21,24)(H,22,25)/p+1. The van der Waals surface area contributed by atoms with E-state index in [9.17, 15) is 9.59 Å². The fraction of sp³-hybridized carbons (Fsp3) is 0.600. The zero-order valence-electron chi connectivity index (χ0n) is 17.2. The molecule has 1 unspecified atom stereocenters. The maximum atomic E-state index is 12.3. The van der Waals surface area contributed by atoms with Crippen LogP contribution in [-0.4, -0.2) is 44.6 Å². The van der Waals surface area contributed by atoms with Gasteiger partial charge in [-0.15, -0.1) is 0 Å². The molecule has 2 amide bonds. The molecule has 1 rings (SSSR count). The average molecular weight is 365 g/mol. The Hall–Kier alpha value is -2.08. The molecule has 0 aliphatic heterocycles. The SMILES string of the molecule is COc1cccc(NC(=O)C[NH+](C)CC(=O)NC(C)(C)CC(C)(C)C)c1. The van der Waals surface area contributed by atoms with E-state index in [-0.39, 0.29) is 35.9 Å². The lowest BCUT2D eigenvalue weighted by Crippen LogP contribution is -3.11. The lowest BCUT2D eigenvalue weighted by atomic mass is 9.82. The second-order valence-electron chi connectivity index (χ2n) is 8.76. The van der Waals surface area contributed by atoms with Crippen molar-refractivity contribution in [2.24, 2.45) is 5.41 Å². The molecule has 26 heavy (non-hydrogen) atoms. The summed E-state index contributed by atoms with van der Waals surface area (Å²) in [6, 6.07) is 7.19. The highest BCUT2D eigenvalue weighted by Crippen LogP contribution is 2.26. The van der Waals surface area contributed by atoms with Crippen LogP contribution in [-0.2, 0) is 9.59 Å². The average Bonchev–Trinajstić information content (AvgIpc) is 2.43. The lowest BCUT2D eigenvalue weighted by Gasteiger charge is -2.33. The second-order valence-corrected chi connectivity index (χ2v) is 8.76. The van der Waals surface area contributed by atoms with Crippen LogP contribution in [0.15, 0.2) is 24.3 Å². The Kier molecular flexibility index (Phi) is 7.63. The van der Waals surface area contributed by atoms with Gasteiger partial charge in [-0.2, -0.15) is 0 Å². The Morgan fingerprint density at radius 3 is 2.27 bits per heavy atom. The van der Waals surface area contributed by atoms with Gasteiger partial charge in [-0.1, -0.05) is 26.8 Å². The molecule has 0 fully saturated rings. The Bertz CT molecular complexity index is 621. The van der Waals surface area contributed by atoms with E-state index in [1.54, 1.807) is 19.2 Å². The van der Waals surface area contributed by atoms with Crippen LogP contribution in [0.5, 0.6) is 5.75 Å². The first-order valence-corrected chi connectivity index (χ1v) is 8.96. The number of amides is 2. The van der Waals surface area contributed by atoms with Crippen LogP contribution >= 0.6 is 0 Å². The van der Waals surface area contributed by atoms with E-state index < -0.39 is 0 Å². The first-order chi connectivity index (χ1) is 11.9. The van der Waals surface area contributed by atoms with Crippen molar-refractivity contribution in [3.05, 3.63) is 24.3 Å². The summed E-state index contributed by atoms with van der Waals surface area (Å²) in [5.74, 6) is 0.493. The number of hydrogen-bond donors (Lipinski definition) is 3. The molecule has 6 nitrogen and oxygen atoms in total. The van der Waals surface area contributed by atoms with E-state index in [1.165, 1.54) is 0 Å². The van der Waals surface area contributed by atoms with Crippen molar-refractivity contribution >= 4 is 17.5 Å². The number of ether oxygens (including phenoxy) is 1. The van der Waals surface area contributed by atoms with E-state index in [0.29, 0.717) is 11.4 Å². The van der Waals surface area contributed by atoms with Gasteiger partial charge in [0.25, 0.3) is 11.8 Å². The summed E-state index contributed by atoms with van der Waals surface area (Å²) in [4.78, 5) is 25.3. The summed E-state index contributed by atoms with van der Waals surface area (Å²) in [6.07, 6.45) is 0.876. The first-order valence-electron chi connectivity index (χ1n) is 8.96. The van der Waals surface area contributed by atoms with E-state index in [1.807, 2.05) is 33.0 Å². The molecule has 0 bridgehead atoms. The molecule has 0 aliphatic rings. The van der Waals surface area contributed by atoms with Crippen molar-refractivity contribution in [1.82, 2.24) is 5.32 Å². The third-order valence-electron chi connectivity index (χ3n) is 3.73. The zero-order valence-corrected chi connectivity index (χ0v) is 17.2. The van der Waals surface area contributed by atoms with Crippen molar-refractivity contribution < 1.29 is 19.2 Å². The molecule has 1 aromatic carbocycles. The van der Waals surface area contributed by atoms with Crippen LogP contribution in [0.1, 0.15) is 41.0 Å². The fourth-order valence-corrected chi connectivity index (χ4v) is 3.31. The van der Waals surface area contributed by atoms with Crippen LogP contribution < -0.4 is 20.3 Å². The highest BCUT2D eigenvalue weighted by molar-refractivity contribution is 5.91. The minimum Gasteiger partial charge on any atom is -0.497 e. The Morgan fingerprint density at radius 1 is 1.08 bits per heavy atom. The molecular formula is C20H34N3O3+. The lowest BCUT2D eigenvalue weighted by molar-refractivity contribution is -0.862. The summed E-state index contributed by atoms with van der Waals surface area (Å²) in [5.41, 5.74) is 0.530. The maximum Gasteiger partial charge on any atom is 0.279 e. The zero-order chi connectivity index (χ0) is 20.0. The number of benzene rings is 1. The number of methoxy groups -OCH3 is 1. The number of rotatable bonds is 8. The molecule has 1 aromatic rings. The van der Waals surface area contributed by atoms with E-state index >= 15 is 0 Å². The summed E-state index contributed by atoms with van der Waals surface area (Å²) >= 11 is 0. The van der Waals surface area contributed by atoms with Crippen LogP contribution in [0.25, 0.3) is 0 Å². The summed E-state index contributed by atoms with van der Waals surface area (Å²) in [7, 11) is 3.42. The molecule has 0 saturated heterocycles. The van der Waals surface area contributed by atoms with Gasteiger partial charge in [0.1, 0.15) is 5.75 Å². The Balaban J connectivity index is 2.48. The number of carbonyl (C=O) groups excluding carboxylic acids is 2. The number of nitrogens with one attached hydrogen (secondary N) is 3. The summed E-state index contributed by atoms with van der Waals surface area (Å²) in [6.45, 7) is 11.0. The van der Waals surface area contributed by atoms with Gasteiger partial charge in [-0.25, -0.2) is 0 Å². The van der Waals surface area contributed by atoms with E-state index in [4.69, 9.17) is 4.74 Å². The van der Waals surface area contributed by atoms with Gasteiger partial charge < -0.3 is 20.3 Å². The van der Waals surface area contributed by atoms with Gasteiger partial charge in [0.15, 0.2) is 13.1 Å². The number of anilines is 1. The highest BCUT2D eigenvalue weighted by atomic mass is 16.5. The van der Waals surface area contributed by atoms with Crippen LogP contribution in [0.2, 0.25) is 0 Å². The minimum absolute atomic E-state index is 0.0501. The highest BCUT2D eigenvalue weighted by Gasteiger charge is 2.28. The van der Waals surface area contributed by atoms with Crippen molar-refractivity contribution in [3.8, 4) is 5.75 Å². The summed E-state index contributed by atoms with van der Waals surface area (Å²) < 4.78 is 5.14. The van der Waals surface area contributed by atoms with E-state index in [2.05, 4.69) is 31.4 Å². The molecule has 0 radical (unpaired) electrons. The summed E-state index contributed by atoms with van der Waals surface area (Å²) in [5, 5.41) is 5.90. The van der Waals surface area contributed by atoms with Crippen LogP contribution in [0.4, 0.5) is 5.69 Å². The first kappa shape index (κ1) is 22.0. The maximum absolute atomic E-state index is 12.3. The molecule has 146 valence electrons. The van der Waals surface area contributed by atoms with Crippen molar-refractivity contribution in [2.45, 2.75) is 46.6 Å². The monoisotopic (exact) mass is 364 g/mol.